The van der Waals surface area contributed by atoms with Crippen molar-refractivity contribution in [1.82, 2.24) is 14.1 Å². The standard InChI is InChI=1S/C20H14Cl2N4/c21-15-7-5-14(6-8-15)19-18(13-9-11-24-12-10-13)25-20(26(19)22)16-3-1-2-4-17(16)23/h1-12H,23H2. The van der Waals surface area contributed by atoms with Crippen molar-refractivity contribution < 1.29 is 0 Å². The van der Waals surface area contributed by atoms with Gasteiger partial charge >= 0.3 is 0 Å². The Labute approximate surface area is 161 Å². The van der Waals surface area contributed by atoms with E-state index in [1.54, 1.807) is 16.5 Å². The molecular weight excluding hydrogens is 367 g/mol. The molecule has 2 N–H and O–H groups in total. The van der Waals surface area contributed by atoms with Crippen molar-refractivity contribution in [3.05, 3.63) is 78.1 Å². The van der Waals surface area contributed by atoms with Crippen LogP contribution in [0, 0.1) is 0 Å². The largest absolute Gasteiger partial charge is 0.398 e. The lowest BCUT2D eigenvalue weighted by molar-refractivity contribution is 1.22. The molecule has 0 atom stereocenters. The second kappa shape index (κ2) is 6.83. The second-order valence-electron chi connectivity index (χ2n) is 5.74. The highest BCUT2D eigenvalue weighted by atomic mass is 35.5. The minimum absolute atomic E-state index is 0.585. The Hall–Kier alpha value is -2.82. The van der Waals surface area contributed by atoms with Crippen molar-refractivity contribution in [2.45, 2.75) is 0 Å². The van der Waals surface area contributed by atoms with Crippen LogP contribution >= 0.6 is 23.4 Å². The van der Waals surface area contributed by atoms with E-state index in [-0.39, 0.29) is 0 Å². The Balaban J connectivity index is 2.00. The van der Waals surface area contributed by atoms with Gasteiger partial charge in [0.1, 0.15) is 0 Å². The maximum absolute atomic E-state index is 6.71. The molecular formula is C20H14Cl2N4. The first kappa shape index (κ1) is 16.6. The van der Waals surface area contributed by atoms with Gasteiger partial charge in [0, 0.05) is 51.6 Å². The Morgan fingerprint density at radius 1 is 0.846 bits per heavy atom. The van der Waals surface area contributed by atoms with Crippen LogP contribution in [0.2, 0.25) is 5.02 Å². The highest BCUT2D eigenvalue weighted by Crippen LogP contribution is 2.38. The van der Waals surface area contributed by atoms with Crippen LogP contribution < -0.4 is 5.73 Å². The maximum atomic E-state index is 6.71. The molecule has 128 valence electrons. The first-order chi connectivity index (χ1) is 12.6. The van der Waals surface area contributed by atoms with Crippen molar-refractivity contribution >= 4 is 29.1 Å². The van der Waals surface area contributed by atoms with Gasteiger partial charge in [-0.25, -0.2) is 9.07 Å². The molecule has 2 aromatic carbocycles. The van der Waals surface area contributed by atoms with E-state index >= 15 is 0 Å². The number of imidazole rings is 1. The normalized spacial score (nSPS) is 10.8. The Bertz CT molecular complexity index is 1060. The van der Waals surface area contributed by atoms with Crippen LogP contribution in [0.4, 0.5) is 5.69 Å². The van der Waals surface area contributed by atoms with Crippen molar-refractivity contribution in [3.63, 3.8) is 0 Å². The third kappa shape index (κ3) is 2.94. The number of rotatable bonds is 3. The molecule has 0 spiro atoms. The lowest BCUT2D eigenvalue weighted by atomic mass is 10.1. The molecule has 0 aliphatic carbocycles. The SMILES string of the molecule is Nc1ccccc1-c1nc(-c2ccncc2)c(-c2ccc(Cl)cc2)n1Cl. The lowest BCUT2D eigenvalue weighted by Crippen LogP contribution is -1.94. The topological polar surface area (TPSA) is 56.7 Å². The van der Waals surface area contributed by atoms with Gasteiger partial charge in [-0.3, -0.25) is 4.98 Å². The Morgan fingerprint density at radius 3 is 2.23 bits per heavy atom. The number of nitrogens with two attached hydrogens (primary N) is 1. The number of para-hydroxylation sites is 1. The lowest BCUT2D eigenvalue weighted by Gasteiger charge is -2.07. The molecule has 0 unspecified atom stereocenters. The van der Waals surface area contributed by atoms with Gasteiger partial charge < -0.3 is 5.73 Å². The number of hydrogen-bond acceptors (Lipinski definition) is 3. The molecule has 0 amide bonds. The zero-order valence-corrected chi connectivity index (χ0v) is 15.1. The number of benzene rings is 2. The summed E-state index contributed by atoms with van der Waals surface area (Å²) in [6.07, 6.45) is 3.45. The van der Waals surface area contributed by atoms with Gasteiger partial charge in [0.15, 0.2) is 5.82 Å². The van der Waals surface area contributed by atoms with Gasteiger partial charge in [-0.05, 0) is 36.4 Å². The summed E-state index contributed by atoms with van der Waals surface area (Å²) in [5.41, 5.74) is 10.9. The molecule has 26 heavy (non-hydrogen) atoms. The van der Waals surface area contributed by atoms with Gasteiger partial charge in [0.25, 0.3) is 0 Å². The quantitative estimate of drug-likeness (QED) is 0.476. The fraction of sp³-hybridized carbons (Fsp3) is 0. The van der Waals surface area contributed by atoms with Crippen LogP contribution in [0.25, 0.3) is 33.9 Å². The van der Waals surface area contributed by atoms with Crippen LogP contribution in [-0.4, -0.2) is 14.1 Å². The Morgan fingerprint density at radius 2 is 1.54 bits per heavy atom. The molecule has 0 saturated heterocycles. The van der Waals surface area contributed by atoms with E-state index in [2.05, 4.69) is 4.98 Å². The summed E-state index contributed by atoms with van der Waals surface area (Å²) in [5.74, 6) is 0.585. The van der Waals surface area contributed by atoms with Gasteiger partial charge in [-0.2, -0.15) is 0 Å². The molecule has 0 bridgehead atoms. The summed E-state index contributed by atoms with van der Waals surface area (Å²) in [6.45, 7) is 0. The molecule has 2 heterocycles. The van der Waals surface area contributed by atoms with Crippen LogP contribution in [-0.2, 0) is 0 Å². The summed E-state index contributed by atoms with van der Waals surface area (Å²) >= 11 is 12.7. The van der Waals surface area contributed by atoms with Gasteiger partial charge in [-0.15, -0.1) is 0 Å². The predicted octanol–water partition coefficient (Wildman–Crippen LogP) is 5.52. The van der Waals surface area contributed by atoms with E-state index in [0.717, 1.165) is 28.1 Å². The number of nitrogen functional groups attached to an aromatic ring is 1. The van der Waals surface area contributed by atoms with E-state index in [0.29, 0.717) is 16.5 Å². The molecule has 4 aromatic rings. The molecule has 0 radical (unpaired) electrons. The smallest absolute Gasteiger partial charge is 0.158 e. The highest BCUT2D eigenvalue weighted by molar-refractivity contribution is 6.30. The van der Waals surface area contributed by atoms with E-state index in [1.165, 1.54) is 0 Å². The summed E-state index contributed by atoms with van der Waals surface area (Å²) in [5, 5.41) is 0.660. The van der Waals surface area contributed by atoms with Crippen molar-refractivity contribution in [2.75, 3.05) is 5.73 Å². The summed E-state index contributed by atoms with van der Waals surface area (Å²) in [4.78, 5) is 8.88. The van der Waals surface area contributed by atoms with Crippen molar-refractivity contribution in [1.29, 1.82) is 0 Å². The molecule has 4 nitrogen and oxygen atoms in total. The van der Waals surface area contributed by atoms with Gasteiger partial charge in [0.2, 0.25) is 0 Å². The minimum Gasteiger partial charge on any atom is -0.398 e. The fourth-order valence-electron chi connectivity index (χ4n) is 2.84. The van der Waals surface area contributed by atoms with Crippen molar-refractivity contribution in [3.8, 4) is 33.9 Å². The average molecular weight is 381 g/mol. The first-order valence-corrected chi connectivity index (χ1v) is 8.67. The van der Waals surface area contributed by atoms with Gasteiger partial charge in [-0.1, -0.05) is 35.9 Å². The van der Waals surface area contributed by atoms with E-state index in [1.807, 2.05) is 60.7 Å². The van der Waals surface area contributed by atoms with Crippen LogP contribution in [0.5, 0.6) is 0 Å². The number of nitrogens with zero attached hydrogens (tertiary/aromatic N) is 3. The number of pyridine rings is 1. The monoisotopic (exact) mass is 380 g/mol. The highest BCUT2D eigenvalue weighted by Gasteiger charge is 2.21. The van der Waals surface area contributed by atoms with Crippen LogP contribution in [0.15, 0.2) is 73.1 Å². The molecule has 4 rings (SSSR count). The molecule has 0 aliphatic heterocycles. The maximum Gasteiger partial charge on any atom is 0.158 e. The third-order valence-electron chi connectivity index (χ3n) is 4.10. The average Bonchev–Trinajstić information content (AvgIpc) is 3.01. The molecule has 0 saturated carbocycles. The molecule has 0 fully saturated rings. The number of anilines is 1. The van der Waals surface area contributed by atoms with Crippen LogP contribution in [0.3, 0.4) is 0 Å². The number of halogens is 2. The zero-order valence-electron chi connectivity index (χ0n) is 13.6. The summed E-state index contributed by atoms with van der Waals surface area (Å²) in [7, 11) is 0. The summed E-state index contributed by atoms with van der Waals surface area (Å²) in [6, 6.07) is 18.8. The third-order valence-corrected chi connectivity index (χ3v) is 4.68. The minimum atomic E-state index is 0.585. The summed E-state index contributed by atoms with van der Waals surface area (Å²) < 4.78 is 1.55. The molecule has 6 heteroatoms. The van der Waals surface area contributed by atoms with Gasteiger partial charge in [0.05, 0.1) is 11.4 Å². The fourth-order valence-corrected chi connectivity index (χ4v) is 3.27. The van der Waals surface area contributed by atoms with E-state index < -0.39 is 0 Å². The zero-order chi connectivity index (χ0) is 18.1. The molecule has 2 aromatic heterocycles. The van der Waals surface area contributed by atoms with E-state index in [4.69, 9.17) is 34.1 Å². The van der Waals surface area contributed by atoms with Crippen molar-refractivity contribution in [2.24, 2.45) is 0 Å². The van der Waals surface area contributed by atoms with Crippen LogP contribution in [0.1, 0.15) is 0 Å². The number of aromatic nitrogens is 3. The second-order valence-corrected chi connectivity index (χ2v) is 6.52. The number of hydrogen-bond donors (Lipinski definition) is 1. The van der Waals surface area contributed by atoms with E-state index in [9.17, 15) is 0 Å². The molecule has 0 aliphatic rings. The first-order valence-electron chi connectivity index (χ1n) is 7.95. The Kier molecular flexibility index (Phi) is 4.37. The predicted molar refractivity (Wildman–Crippen MR) is 107 cm³/mol.